The number of rotatable bonds is 4. The summed E-state index contributed by atoms with van der Waals surface area (Å²) in [6.07, 6.45) is 0. The Hall–Kier alpha value is -1.42. The molecule has 0 saturated carbocycles. The van der Waals surface area contributed by atoms with Crippen LogP contribution < -0.4 is 10.6 Å². The first kappa shape index (κ1) is 16.0. The highest BCUT2D eigenvalue weighted by atomic mass is 35.5. The van der Waals surface area contributed by atoms with Crippen LogP contribution in [-0.4, -0.2) is 13.0 Å². The first-order chi connectivity index (χ1) is 10.0. The molecule has 3 nitrogen and oxygen atoms in total. The lowest BCUT2D eigenvalue weighted by Crippen LogP contribution is -2.17. The Morgan fingerprint density at radius 1 is 1.00 bits per heavy atom. The predicted octanol–water partition coefficient (Wildman–Crippen LogP) is 4.62. The van der Waals surface area contributed by atoms with Crippen LogP contribution >= 0.6 is 34.8 Å². The van der Waals surface area contributed by atoms with Gasteiger partial charge in [0.2, 0.25) is 0 Å². The number of carbonyl (C=O) groups is 1. The molecule has 2 N–H and O–H groups in total. The molecule has 2 aromatic carbocycles. The van der Waals surface area contributed by atoms with E-state index >= 15 is 0 Å². The van der Waals surface area contributed by atoms with E-state index in [0.717, 1.165) is 5.56 Å². The molecule has 0 spiro atoms. The number of halogens is 3. The number of amides is 1. The van der Waals surface area contributed by atoms with E-state index in [1.165, 1.54) is 0 Å². The summed E-state index contributed by atoms with van der Waals surface area (Å²) in [5.41, 5.74) is 2.19. The van der Waals surface area contributed by atoms with Crippen molar-refractivity contribution in [3.63, 3.8) is 0 Å². The molecule has 0 atom stereocenters. The van der Waals surface area contributed by atoms with E-state index < -0.39 is 0 Å². The number of nitrogens with one attached hydrogen (secondary N) is 2. The van der Waals surface area contributed by atoms with Crippen molar-refractivity contribution in [2.24, 2.45) is 0 Å². The van der Waals surface area contributed by atoms with Gasteiger partial charge < -0.3 is 10.6 Å². The number of hydrogen-bond donors (Lipinski definition) is 2. The summed E-state index contributed by atoms with van der Waals surface area (Å²) in [5, 5.41) is 7.31. The normalized spacial score (nSPS) is 10.3. The molecule has 0 unspecified atom stereocenters. The molecular weight excluding hydrogens is 331 g/mol. The number of hydrogen-bond acceptors (Lipinski definition) is 2. The highest BCUT2D eigenvalue weighted by Crippen LogP contribution is 2.26. The van der Waals surface area contributed by atoms with Crippen molar-refractivity contribution in [2.75, 3.05) is 12.4 Å². The van der Waals surface area contributed by atoms with E-state index in [2.05, 4.69) is 10.6 Å². The first-order valence-corrected chi connectivity index (χ1v) is 7.34. The molecule has 0 aromatic heterocycles. The lowest BCUT2D eigenvalue weighted by Gasteiger charge is -2.11. The van der Waals surface area contributed by atoms with Crippen LogP contribution in [0.5, 0.6) is 0 Å². The average Bonchev–Trinajstić information content (AvgIpc) is 2.49. The maximum absolute atomic E-state index is 11.6. The van der Waals surface area contributed by atoms with Crippen LogP contribution in [0, 0.1) is 0 Å². The fourth-order valence-corrected chi connectivity index (χ4v) is 2.30. The Balaban J connectivity index is 2.15. The molecule has 0 aliphatic rings. The summed E-state index contributed by atoms with van der Waals surface area (Å²) in [5.74, 6) is -0.163. The van der Waals surface area contributed by atoms with Crippen molar-refractivity contribution in [2.45, 2.75) is 6.54 Å². The standard InChI is InChI=1S/C15H13Cl3N2O/c1-19-15(21)10-3-5-12(17)14(7-10)20-8-9-2-4-11(16)13(18)6-9/h2-7,20H,8H2,1H3,(H,19,21). The lowest BCUT2D eigenvalue weighted by atomic mass is 10.1. The van der Waals surface area contributed by atoms with E-state index in [-0.39, 0.29) is 5.91 Å². The van der Waals surface area contributed by atoms with E-state index in [1.54, 1.807) is 37.4 Å². The van der Waals surface area contributed by atoms with Crippen molar-refractivity contribution in [1.82, 2.24) is 5.32 Å². The van der Waals surface area contributed by atoms with Crippen molar-refractivity contribution < 1.29 is 4.79 Å². The summed E-state index contributed by atoms with van der Waals surface area (Å²) in [6, 6.07) is 10.5. The Kier molecular flexibility index (Phi) is 5.34. The molecule has 1 amide bonds. The molecule has 0 saturated heterocycles. The molecular formula is C15H13Cl3N2O. The van der Waals surface area contributed by atoms with Gasteiger partial charge in [0.25, 0.3) is 5.91 Å². The van der Waals surface area contributed by atoms with E-state index in [4.69, 9.17) is 34.8 Å². The van der Waals surface area contributed by atoms with Crippen LogP contribution in [0.15, 0.2) is 36.4 Å². The highest BCUT2D eigenvalue weighted by molar-refractivity contribution is 6.42. The summed E-state index contributed by atoms with van der Waals surface area (Å²) in [7, 11) is 1.58. The Morgan fingerprint density at radius 3 is 2.38 bits per heavy atom. The van der Waals surface area contributed by atoms with Crippen molar-refractivity contribution in [3.05, 3.63) is 62.6 Å². The summed E-state index contributed by atoms with van der Waals surface area (Å²) >= 11 is 18.0. The van der Waals surface area contributed by atoms with Crippen LogP contribution in [0.1, 0.15) is 15.9 Å². The third kappa shape index (κ3) is 4.03. The van der Waals surface area contributed by atoms with Crippen LogP contribution in [-0.2, 0) is 6.54 Å². The van der Waals surface area contributed by atoms with Gasteiger partial charge in [0, 0.05) is 19.2 Å². The molecule has 21 heavy (non-hydrogen) atoms. The number of benzene rings is 2. The van der Waals surface area contributed by atoms with E-state index in [0.29, 0.717) is 32.9 Å². The minimum atomic E-state index is -0.163. The molecule has 2 rings (SSSR count). The van der Waals surface area contributed by atoms with Crippen LogP contribution in [0.2, 0.25) is 15.1 Å². The third-order valence-corrected chi connectivity index (χ3v) is 3.99. The Morgan fingerprint density at radius 2 is 1.71 bits per heavy atom. The van der Waals surface area contributed by atoms with E-state index in [9.17, 15) is 4.79 Å². The minimum Gasteiger partial charge on any atom is -0.380 e. The van der Waals surface area contributed by atoms with Gasteiger partial charge in [-0.05, 0) is 35.9 Å². The van der Waals surface area contributed by atoms with Crippen molar-refractivity contribution in [1.29, 1.82) is 0 Å². The quantitative estimate of drug-likeness (QED) is 0.850. The van der Waals surface area contributed by atoms with Gasteiger partial charge in [-0.3, -0.25) is 4.79 Å². The maximum Gasteiger partial charge on any atom is 0.251 e. The largest absolute Gasteiger partial charge is 0.380 e. The van der Waals surface area contributed by atoms with Gasteiger partial charge in [-0.15, -0.1) is 0 Å². The molecule has 0 aliphatic carbocycles. The van der Waals surface area contributed by atoms with Crippen LogP contribution in [0.3, 0.4) is 0 Å². The van der Waals surface area contributed by atoms with E-state index in [1.807, 2.05) is 6.07 Å². The summed E-state index contributed by atoms with van der Waals surface area (Å²) < 4.78 is 0. The summed E-state index contributed by atoms with van der Waals surface area (Å²) in [6.45, 7) is 0.522. The zero-order chi connectivity index (χ0) is 15.4. The molecule has 6 heteroatoms. The second-order valence-corrected chi connectivity index (χ2v) is 5.60. The average molecular weight is 344 g/mol. The predicted molar refractivity (Wildman–Crippen MR) is 88.6 cm³/mol. The molecule has 0 heterocycles. The monoisotopic (exact) mass is 342 g/mol. The smallest absolute Gasteiger partial charge is 0.251 e. The topological polar surface area (TPSA) is 41.1 Å². The van der Waals surface area contributed by atoms with Crippen LogP contribution in [0.4, 0.5) is 5.69 Å². The SMILES string of the molecule is CNC(=O)c1ccc(Cl)c(NCc2ccc(Cl)c(Cl)c2)c1. The van der Waals surface area contributed by atoms with Crippen molar-refractivity contribution in [3.8, 4) is 0 Å². The maximum atomic E-state index is 11.6. The van der Waals surface area contributed by atoms with Gasteiger partial charge in [0.05, 0.1) is 20.8 Å². The minimum absolute atomic E-state index is 0.163. The van der Waals surface area contributed by atoms with Gasteiger partial charge in [-0.1, -0.05) is 40.9 Å². The number of anilines is 1. The molecule has 0 fully saturated rings. The molecule has 0 bridgehead atoms. The van der Waals surface area contributed by atoms with Gasteiger partial charge >= 0.3 is 0 Å². The molecule has 0 aliphatic heterocycles. The third-order valence-electron chi connectivity index (χ3n) is 2.92. The highest BCUT2D eigenvalue weighted by Gasteiger charge is 2.07. The molecule has 0 radical (unpaired) electrons. The van der Waals surface area contributed by atoms with Crippen LogP contribution in [0.25, 0.3) is 0 Å². The van der Waals surface area contributed by atoms with Gasteiger partial charge in [0.1, 0.15) is 0 Å². The first-order valence-electron chi connectivity index (χ1n) is 6.20. The number of carbonyl (C=O) groups excluding carboxylic acids is 1. The Bertz CT molecular complexity index is 674. The van der Waals surface area contributed by atoms with Gasteiger partial charge in [-0.25, -0.2) is 0 Å². The summed E-state index contributed by atoms with van der Waals surface area (Å²) in [4.78, 5) is 11.6. The van der Waals surface area contributed by atoms with Gasteiger partial charge in [0.15, 0.2) is 0 Å². The Labute approximate surface area is 138 Å². The van der Waals surface area contributed by atoms with Crippen molar-refractivity contribution >= 4 is 46.4 Å². The second kappa shape index (κ2) is 7.03. The fraction of sp³-hybridized carbons (Fsp3) is 0.133. The second-order valence-electron chi connectivity index (χ2n) is 4.38. The lowest BCUT2D eigenvalue weighted by molar-refractivity contribution is 0.0963. The molecule has 110 valence electrons. The zero-order valence-corrected chi connectivity index (χ0v) is 13.5. The van der Waals surface area contributed by atoms with Gasteiger partial charge in [-0.2, -0.15) is 0 Å². The fourth-order valence-electron chi connectivity index (χ4n) is 1.79. The molecule has 2 aromatic rings. The zero-order valence-electron chi connectivity index (χ0n) is 11.2.